The number of benzene rings is 4. The predicted molar refractivity (Wildman–Crippen MR) is 154 cm³/mol. The summed E-state index contributed by atoms with van der Waals surface area (Å²) < 4.78 is 2.05. The first kappa shape index (κ1) is 22.9. The van der Waals surface area contributed by atoms with E-state index in [1.807, 2.05) is 0 Å². The summed E-state index contributed by atoms with van der Waals surface area (Å²) in [5.41, 5.74) is 9.96. The molecule has 0 N–H and O–H groups in total. The molecule has 4 aromatic rings. The van der Waals surface area contributed by atoms with Crippen LogP contribution < -0.4 is 0 Å². The van der Waals surface area contributed by atoms with E-state index < -0.39 is 14.4 Å². The van der Waals surface area contributed by atoms with E-state index in [0.717, 1.165) is 0 Å². The quantitative estimate of drug-likeness (QED) is 0.225. The van der Waals surface area contributed by atoms with Gasteiger partial charge in [0, 0.05) is 0 Å². The Kier molecular flexibility index (Phi) is 4.69. The SMILES string of the molecule is C[CH]=[Zr]([Cl])([Cl])([CH]1C=Cc2ccccc21)([CH]1C=Cc2ccccc21)[CH]1c2ccccc2-c2ccccc21. The summed E-state index contributed by atoms with van der Waals surface area (Å²) in [5.74, 6) is 0. The molecule has 2 atom stereocenters. The van der Waals surface area contributed by atoms with Crippen molar-refractivity contribution in [3.05, 3.63) is 143 Å². The second-order valence-electron chi connectivity index (χ2n) is 10.8. The maximum absolute atomic E-state index is 8.78. The van der Waals surface area contributed by atoms with Crippen molar-refractivity contribution >= 4 is 32.9 Å². The van der Waals surface area contributed by atoms with Gasteiger partial charge in [0.1, 0.15) is 0 Å². The first-order valence-electron chi connectivity index (χ1n) is 12.7. The number of fused-ring (bicyclic) bond motifs is 5. The average Bonchev–Trinajstić information content (AvgIpc) is 3.64. The third kappa shape index (κ3) is 2.62. The molecular formula is C33H27Cl2Zr. The van der Waals surface area contributed by atoms with Crippen LogP contribution in [0.2, 0.25) is 0 Å². The van der Waals surface area contributed by atoms with Crippen LogP contribution in [0, 0.1) is 0 Å². The minimum absolute atomic E-state index is 0.0826. The average molecular weight is 586 g/mol. The summed E-state index contributed by atoms with van der Waals surface area (Å²) in [7, 11) is 17.6. The van der Waals surface area contributed by atoms with Gasteiger partial charge >= 0.3 is 219 Å². The fourth-order valence-electron chi connectivity index (χ4n) is 7.76. The van der Waals surface area contributed by atoms with E-state index in [1.165, 1.54) is 44.5 Å². The van der Waals surface area contributed by atoms with Gasteiger partial charge in [0.05, 0.1) is 0 Å². The molecule has 0 aliphatic heterocycles. The molecule has 7 rings (SSSR count). The zero-order valence-corrected chi connectivity index (χ0v) is 24.1. The summed E-state index contributed by atoms with van der Waals surface area (Å²) in [6, 6.07) is 34.8. The maximum atomic E-state index is 8.78. The molecule has 0 aromatic heterocycles. The van der Waals surface area contributed by atoms with E-state index in [1.54, 1.807) is 0 Å². The number of rotatable bonds is 3. The third-order valence-corrected chi connectivity index (χ3v) is 38.8. The van der Waals surface area contributed by atoms with Gasteiger partial charge in [-0.2, -0.15) is 0 Å². The van der Waals surface area contributed by atoms with Gasteiger partial charge in [-0.1, -0.05) is 0 Å². The van der Waals surface area contributed by atoms with Crippen LogP contribution in [0.15, 0.2) is 109 Å². The monoisotopic (exact) mass is 583 g/mol. The summed E-state index contributed by atoms with van der Waals surface area (Å²) in [6.07, 6.45) is 9.11. The third-order valence-electron chi connectivity index (χ3n) is 9.42. The summed E-state index contributed by atoms with van der Waals surface area (Å²) in [6.45, 7) is 2.14. The van der Waals surface area contributed by atoms with Crippen LogP contribution in [0.5, 0.6) is 0 Å². The number of halogens is 2. The molecule has 0 spiro atoms. The number of allylic oxidation sites excluding steroid dienone is 2. The molecule has 4 aromatic carbocycles. The van der Waals surface area contributed by atoms with E-state index in [0.29, 0.717) is 0 Å². The van der Waals surface area contributed by atoms with Crippen molar-refractivity contribution in [2.75, 3.05) is 0 Å². The van der Waals surface area contributed by atoms with Gasteiger partial charge in [0.15, 0.2) is 0 Å². The molecule has 0 fully saturated rings. The Morgan fingerprint density at radius 2 is 0.944 bits per heavy atom. The molecule has 177 valence electrons. The van der Waals surface area contributed by atoms with Crippen molar-refractivity contribution in [2.24, 2.45) is 0 Å². The topological polar surface area (TPSA) is 0 Å². The van der Waals surface area contributed by atoms with Crippen LogP contribution >= 0.6 is 17.0 Å². The van der Waals surface area contributed by atoms with E-state index >= 15 is 0 Å². The van der Waals surface area contributed by atoms with E-state index in [9.17, 15) is 0 Å². The second-order valence-corrected chi connectivity index (χ2v) is 39.9. The van der Waals surface area contributed by atoms with Gasteiger partial charge in [0.25, 0.3) is 0 Å². The molecule has 0 saturated carbocycles. The van der Waals surface area contributed by atoms with Gasteiger partial charge in [-0.25, -0.2) is 0 Å². The van der Waals surface area contributed by atoms with Crippen LogP contribution in [0.25, 0.3) is 23.3 Å². The molecule has 36 heavy (non-hydrogen) atoms. The van der Waals surface area contributed by atoms with Gasteiger partial charge in [-0.05, 0) is 0 Å². The standard InChI is InChI=1S/C13H9.2C9H7.C2H4.2ClH.Zr/c1-3-7-12-10(5-1)9-11-6-2-4-8-13(11)12;2*1-2-5-9-7-3-6-8(9)4-1;1-2;;;/h1-9H;2*1-7H;1H,2H3;2*1H;/q;;;;;;+2/p-2. The predicted octanol–water partition coefficient (Wildman–Crippen LogP) is 9.65. The first-order chi connectivity index (χ1) is 17.4. The molecule has 0 amide bonds. The fraction of sp³-hybridized carbons (Fsp3) is 0.121. The molecule has 3 heteroatoms. The molecule has 0 saturated heterocycles. The zero-order valence-electron chi connectivity index (χ0n) is 20.1. The normalized spacial score (nSPS) is 21.3. The van der Waals surface area contributed by atoms with Crippen molar-refractivity contribution < 1.29 is 14.4 Å². The molecule has 3 aliphatic carbocycles. The van der Waals surface area contributed by atoms with Gasteiger partial charge in [-0.3, -0.25) is 0 Å². The summed E-state index contributed by atoms with van der Waals surface area (Å²) in [4.78, 5) is 0. The fourth-order valence-corrected chi connectivity index (χ4v) is 33.3. The molecule has 0 bridgehead atoms. The first-order valence-corrected chi connectivity index (χ1v) is 24.7. The molecule has 0 radical (unpaired) electrons. The van der Waals surface area contributed by atoms with E-state index in [-0.39, 0.29) is 10.9 Å². The van der Waals surface area contributed by atoms with E-state index in [2.05, 4.69) is 132 Å². The van der Waals surface area contributed by atoms with Crippen LogP contribution in [0.4, 0.5) is 0 Å². The molecule has 3 aliphatic rings. The van der Waals surface area contributed by atoms with Crippen molar-refractivity contribution in [2.45, 2.75) is 17.8 Å². The van der Waals surface area contributed by atoms with Crippen LogP contribution in [0.1, 0.15) is 51.2 Å². The Bertz CT molecular complexity index is 1620. The molecule has 0 heterocycles. The minimum atomic E-state index is -5.81. The second kappa shape index (κ2) is 7.38. The van der Waals surface area contributed by atoms with Crippen molar-refractivity contribution in [3.8, 4) is 11.1 Å². The number of hydrogen-bond acceptors (Lipinski definition) is 0. The molecule has 2 unspecified atom stereocenters. The Balaban J connectivity index is 1.67. The van der Waals surface area contributed by atoms with E-state index in [4.69, 9.17) is 17.0 Å². The van der Waals surface area contributed by atoms with Gasteiger partial charge < -0.3 is 0 Å². The Labute approximate surface area is 217 Å². The van der Waals surface area contributed by atoms with Crippen LogP contribution in [-0.4, -0.2) is 3.71 Å². The Morgan fingerprint density at radius 1 is 0.556 bits per heavy atom. The van der Waals surface area contributed by atoms with Crippen LogP contribution in [-0.2, 0) is 14.4 Å². The molecular weight excluding hydrogens is 558 g/mol. The van der Waals surface area contributed by atoms with Crippen molar-refractivity contribution in [1.29, 1.82) is 0 Å². The van der Waals surface area contributed by atoms with Gasteiger partial charge in [0.2, 0.25) is 0 Å². The Hall–Kier alpha value is -2.31. The van der Waals surface area contributed by atoms with Crippen molar-refractivity contribution in [3.63, 3.8) is 0 Å². The Morgan fingerprint density at radius 3 is 1.39 bits per heavy atom. The number of hydrogen-bond donors (Lipinski definition) is 0. The van der Waals surface area contributed by atoms with Crippen LogP contribution in [0.3, 0.4) is 0 Å². The summed E-state index contributed by atoms with van der Waals surface area (Å²) in [5, 5.41) is 0. The zero-order chi connectivity index (χ0) is 24.6. The molecule has 0 nitrogen and oxygen atoms in total. The van der Waals surface area contributed by atoms with Gasteiger partial charge in [-0.15, -0.1) is 0 Å². The van der Waals surface area contributed by atoms with Crippen molar-refractivity contribution in [1.82, 2.24) is 0 Å². The summed E-state index contributed by atoms with van der Waals surface area (Å²) >= 11 is -5.81.